The molecule has 0 aliphatic heterocycles. The van der Waals surface area contributed by atoms with Gasteiger partial charge in [-0.3, -0.25) is 9.48 Å². The predicted molar refractivity (Wildman–Crippen MR) is 87.9 cm³/mol. The lowest BCUT2D eigenvalue weighted by molar-refractivity contribution is -0.116. The molecule has 4 nitrogen and oxygen atoms in total. The monoisotopic (exact) mass is 303 g/mol. The standard InChI is InChI=1S/C16H21N3OS/c1-11-15(12(2)19(3)18-11)8-9-16(20)17-13-6-5-7-14(10-13)21-4/h5-7,10H,8-9H2,1-4H3,(H,17,20). The largest absolute Gasteiger partial charge is 0.326 e. The van der Waals surface area contributed by atoms with Gasteiger partial charge in [0.25, 0.3) is 0 Å². The lowest BCUT2D eigenvalue weighted by Crippen LogP contribution is -2.12. The van der Waals surface area contributed by atoms with Crippen molar-refractivity contribution in [2.45, 2.75) is 31.6 Å². The molecule has 2 rings (SSSR count). The van der Waals surface area contributed by atoms with Crippen molar-refractivity contribution >= 4 is 23.4 Å². The van der Waals surface area contributed by atoms with Gasteiger partial charge in [0.1, 0.15) is 0 Å². The Balaban J connectivity index is 1.96. The number of hydrogen-bond donors (Lipinski definition) is 1. The first-order chi connectivity index (χ1) is 10.0. The van der Waals surface area contributed by atoms with Crippen LogP contribution >= 0.6 is 11.8 Å². The van der Waals surface area contributed by atoms with E-state index in [2.05, 4.69) is 10.4 Å². The summed E-state index contributed by atoms with van der Waals surface area (Å²) in [5.41, 5.74) is 4.16. The number of carbonyl (C=O) groups is 1. The minimum atomic E-state index is 0.0379. The zero-order valence-electron chi connectivity index (χ0n) is 12.9. The van der Waals surface area contributed by atoms with Crippen molar-refractivity contribution in [3.8, 4) is 0 Å². The van der Waals surface area contributed by atoms with Crippen molar-refractivity contribution in [1.29, 1.82) is 0 Å². The second-order valence-electron chi connectivity index (χ2n) is 5.05. The number of aryl methyl sites for hydroxylation is 2. The smallest absolute Gasteiger partial charge is 0.224 e. The summed E-state index contributed by atoms with van der Waals surface area (Å²) in [5.74, 6) is 0.0379. The molecule has 1 aromatic heterocycles. The highest BCUT2D eigenvalue weighted by Gasteiger charge is 2.11. The van der Waals surface area contributed by atoms with Gasteiger partial charge in [0, 0.05) is 29.7 Å². The van der Waals surface area contributed by atoms with E-state index in [1.165, 1.54) is 5.56 Å². The van der Waals surface area contributed by atoms with Crippen molar-refractivity contribution in [3.05, 3.63) is 41.2 Å². The van der Waals surface area contributed by atoms with Gasteiger partial charge in [-0.25, -0.2) is 0 Å². The highest BCUT2D eigenvalue weighted by Crippen LogP contribution is 2.19. The van der Waals surface area contributed by atoms with Crippen LogP contribution in [-0.4, -0.2) is 21.9 Å². The number of nitrogens with one attached hydrogen (secondary N) is 1. The third-order valence-corrected chi connectivity index (χ3v) is 4.34. The number of carbonyl (C=O) groups excluding carboxylic acids is 1. The van der Waals surface area contributed by atoms with Gasteiger partial charge in [0.15, 0.2) is 0 Å². The Morgan fingerprint density at radius 2 is 2.14 bits per heavy atom. The molecule has 0 atom stereocenters. The van der Waals surface area contributed by atoms with Crippen LogP contribution in [-0.2, 0) is 18.3 Å². The molecule has 0 aliphatic carbocycles. The first-order valence-electron chi connectivity index (χ1n) is 6.94. The van der Waals surface area contributed by atoms with Crippen LogP contribution in [0.2, 0.25) is 0 Å². The summed E-state index contributed by atoms with van der Waals surface area (Å²) in [6.45, 7) is 4.03. The van der Waals surface area contributed by atoms with Gasteiger partial charge in [-0.2, -0.15) is 5.10 Å². The summed E-state index contributed by atoms with van der Waals surface area (Å²) in [5, 5.41) is 7.33. The summed E-state index contributed by atoms with van der Waals surface area (Å²) >= 11 is 1.66. The lowest BCUT2D eigenvalue weighted by Gasteiger charge is -2.07. The molecule has 0 saturated carbocycles. The van der Waals surface area contributed by atoms with Crippen LogP contribution in [0.3, 0.4) is 0 Å². The van der Waals surface area contributed by atoms with Crippen LogP contribution in [0.1, 0.15) is 23.4 Å². The van der Waals surface area contributed by atoms with E-state index in [1.807, 2.05) is 56.1 Å². The molecule has 0 unspecified atom stereocenters. The van der Waals surface area contributed by atoms with Crippen molar-refractivity contribution in [1.82, 2.24) is 9.78 Å². The third kappa shape index (κ3) is 3.88. The SMILES string of the molecule is CSc1cccc(NC(=O)CCc2c(C)nn(C)c2C)c1. The third-order valence-electron chi connectivity index (χ3n) is 3.61. The maximum absolute atomic E-state index is 12.1. The van der Waals surface area contributed by atoms with Gasteiger partial charge in [0.2, 0.25) is 5.91 Å². The topological polar surface area (TPSA) is 46.9 Å². The Morgan fingerprint density at radius 3 is 2.76 bits per heavy atom. The summed E-state index contributed by atoms with van der Waals surface area (Å²) in [4.78, 5) is 13.2. The zero-order valence-corrected chi connectivity index (χ0v) is 13.8. The van der Waals surface area contributed by atoms with E-state index in [-0.39, 0.29) is 5.91 Å². The molecule has 1 aromatic carbocycles. The predicted octanol–water partition coefficient (Wildman–Crippen LogP) is 3.33. The number of rotatable bonds is 5. The van der Waals surface area contributed by atoms with Crippen LogP contribution in [0.5, 0.6) is 0 Å². The molecule has 1 amide bonds. The molecule has 1 N–H and O–H groups in total. The molecule has 0 fully saturated rings. The molecule has 0 aliphatic rings. The second kappa shape index (κ2) is 6.80. The highest BCUT2D eigenvalue weighted by atomic mass is 32.2. The number of aromatic nitrogens is 2. The second-order valence-corrected chi connectivity index (χ2v) is 5.93. The van der Waals surface area contributed by atoms with Gasteiger partial charge in [0.05, 0.1) is 5.69 Å². The van der Waals surface area contributed by atoms with Crippen molar-refractivity contribution in [2.75, 3.05) is 11.6 Å². The Labute approximate surface area is 129 Å². The normalized spacial score (nSPS) is 10.7. The van der Waals surface area contributed by atoms with Gasteiger partial charge in [-0.05, 0) is 50.3 Å². The minimum Gasteiger partial charge on any atom is -0.326 e. The Bertz CT molecular complexity index is 649. The van der Waals surface area contributed by atoms with Crippen LogP contribution in [0.15, 0.2) is 29.2 Å². The fourth-order valence-electron chi connectivity index (χ4n) is 2.34. The number of anilines is 1. The molecule has 0 spiro atoms. The van der Waals surface area contributed by atoms with Gasteiger partial charge in [-0.15, -0.1) is 11.8 Å². The Kier molecular flexibility index (Phi) is 5.07. The van der Waals surface area contributed by atoms with Crippen LogP contribution < -0.4 is 5.32 Å². The molecule has 1 heterocycles. The Morgan fingerprint density at radius 1 is 1.38 bits per heavy atom. The van der Waals surface area contributed by atoms with E-state index >= 15 is 0 Å². The lowest BCUT2D eigenvalue weighted by atomic mass is 10.1. The molecule has 0 saturated heterocycles. The summed E-state index contributed by atoms with van der Waals surface area (Å²) in [6, 6.07) is 7.89. The number of thioether (sulfide) groups is 1. The van der Waals surface area contributed by atoms with E-state index in [1.54, 1.807) is 11.8 Å². The van der Waals surface area contributed by atoms with Crippen LogP contribution in [0, 0.1) is 13.8 Å². The van der Waals surface area contributed by atoms with Gasteiger partial charge in [-0.1, -0.05) is 6.07 Å². The van der Waals surface area contributed by atoms with Crippen LogP contribution in [0.25, 0.3) is 0 Å². The first-order valence-corrected chi connectivity index (χ1v) is 8.16. The molecular weight excluding hydrogens is 282 g/mol. The molecule has 0 bridgehead atoms. The van der Waals surface area contributed by atoms with Gasteiger partial charge >= 0.3 is 0 Å². The van der Waals surface area contributed by atoms with Crippen molar-refractivity contribution in [2.24, 2.45) is 7.05 Å². The molecule has 21 heavy (non-hydrogen) atoms. The molecule has 0 radical (unpaired) electrons. The van der Waals surface area contributed by atoms with Crippen LogP contribution in [0.4, 0.5) is 5.69 Å². The minimum absolute atomic E-state index is 0.0379. The first kappa shape index (κ1) is 15.6. The van der Waals surface area contributed by atoms with Crippen molar-refractivity contribution < 1.29 is 4.79 Å². The summed E-state index contributed by atoms with van der Waals surface area (Å²) in [7, 11) is 1.93. The average Bonchev–Trinajstić information content (AvgIpc) is 2.70. The molecule has 112 valence electrons. The van der Waals surface area contributed by atoms with Crippen molar-refractivity contribution in [3.63, 3.8) is 0 Å². The van der Waals surface area contributed by atoms with E-state index < -0.39 is 0 Å². The maximum Gasteiger partial charge on any atom is 0.224 e. The summed E-state index contributed by atoms with van der Waals surface area (Å²) < 4.78 is 1.87. The number of hydrogen-bond acceptors (Lipinski definition) is 3. The number of nitrogens with zero attached hydrogens (tertiary/aromatic N) is 2. The molecule has 5 heteroatoms. The quantitative estimate of drug-likeness (QED) is 0.862. The fourth-order valence-corrected chi connectivity index (χ4v) is 2.80. The Hall–Kier alpha value is -1.75. The zero-order chi connectivity index (χ0) is 15.4. The van der Waals surface area contributed by atoms with E-state index in [9.17, 15) is 4.79 Å². The maximum atomic E-state index is 12.1. The molecule has 2 aromatic rings. The number of benzene rings is 1. The van der Waals surface area contributed by atoms with Gasteiger partial charge < -0.3 is 5.32 Å². The molecular formula is C16H21N3OS. The highest BCUT2D eigenvalue weighted by molar-refractivity contribution is 7.98. The fraction of sp³-hybridized carbons (Fsp3) is 0.375. The average molecular weight is 303 g/mol. The van der Waals surface area contributed by atoms with E-state index in [0.717, 1.165) is 28.4 Å². The summed E-state index contributed by atoms with van der Waals surface area (Å²) in [6.07, 6.45) is 3.21. The van der Waals surface area contributed by atoms with E-state index in [0.29, 0.717) is 6.42 Å². The van der Waals surface area contributed by atoms with E-state index in [4.69, 9.17) is 0 Å². The number of amides is 1.